The first kappa shape index (κ1) is 16.4. The quantitative estimate of drug-likeness (QED) is 0.820. The summed E-state index contributed by atoms with van der Waals surface area (Å²) in [7, 11) is 0. The highest BCUT2D eigenvalue weighted by molar-refractivity contribution is 7.80. The molecule has 0 aromatic heterocycles. The number of carbonyl (C=O) groups excluding carboxylic acids is 1. The van der Waals surface area contributed by atoms with Crippen LogP contribution in [0.25, 0.3) is 0 Å². The topological polar surface area (TPSA) is 50.4 Å². The molecule has 1 aromatic rings. The molecule has 0 bridgehead atoms. The zero-order valence-corrected chi connectivity index (χ0v) is 13.2. The number of nitrogens with one attached hydrogen (secondary N) is 2. The van der Waals surface area contributed by atoms with Gasteiger partial charge in [0, 0.05) is 6.04 Å². The first-order chi connectivity index (χ1) is 9.43. The molecule has 0 saturated heterocycles. The third-order valence-electron chi connectivity index (χ3n) is 2.71. The molecule has 20 heavy (non-hydrogen) atoms. The number of hydrogen-bond acceptors (Lipinski definition) is 3. The zero-order valence-electron chi connectivity index (χ0n) is 12.4. The number of thiocarbonyl (C=S) groups is 1. The second-order valence-corrected chi connectivity index (χ2v) is 5.31. The second-order valence-electron chi connectivity index (χ2n) is 4.90. The summed E-state index contributed by atoms with van der Waals surface area (Å²) in [6.07, 6.45) is 0.942. The third kappa shape index (κ3) is 5.17. The van der Waals surface area contributed by atoms with Crippen LogP contribution in [0.4, 0.5) is 0 Å². The van der Waals surface area contributed by atoms with Gasteiger partial charge in [0.05, 0.1) is 11.7 Å². The molecular weight excluding hydrogens is 272 g/mol. The van der Waals surface area contributed by atoms with Crippen LogP contribution in [0.3, 0.4) is 0 Å². The van der Waals surface area contributed by atoms with E-state index in [0.717, 1.165) is 6.42 Å². The number of carbonyl (C=O) groups is 1. The molecule has 0 spiro atoms. The number of ether oxygens (including phenoxy) is 1. The highest BCUT2D eigenvalue weighted by Gasteiger charge is 2.14. The minimum absolute atomic E-state index is 0.00846. The third-order valence-corrected chi connectivity index (χ3v) is 2.93. The molecule has 0 heterocycles. The zero-order chi connectivity index (χ0) is 15.1. The Kier molecular flexibility index (Phi) is 6.45. The van der Waals surface area contributed by atoms with Crippen molar-refractivity contribution in [1.29, 1.82) is 0 Å². The van der Waals surface area contributed by atoms with Gasteiger partial charge in [-0.05, 0) is 51.5 Å². The smallest absolute Gasteiger partial charge is 0.261 e. The standard InChI is InChI=1S/C15H22N2O2S/c1-5-11(4)16-15(20)17-14(18)12-8-6-7-9-13(12)19-10(2)3/h6-11H,5H2,1-4H3,(H2,16,17,18,20). The molecule has 0 aliphatic heterocycles. The average molecular weight is 294 g/mol. The van der Waals surface area contributed by atoms with Gasteiger partial charge in [-0.3, -0.25) is 10.1 Å². The Morgan fingerprint density at radius 3 is 2.55 bits per heavy atom. The molecule has 1 amide bonds. The largest absolute Gasteiger partial charge is 0.490 e. The minimum atomic E-state index is -0.262. The van der Waals surface area contributed by atoms with Crippen molar-refractivity contribution in [2.45, 2.75) is 46.3 Å². The lowest BCUT2D eigenvalue weighted by molar-refractivity contribution is 0.0970. The summed E-state index contributed by atoms with van der Waals surface area (Å²) in [4.78, 5) is 12.2. The maximum Gasteiger partial charge on any atom is 0.261 e. The first-order valence-electron chi connectivity index (χ1n) is 6.81. The lowest BCUT2D eigenvalue weighted by Crippen LogP contribution is -2.43. The predicted octanol–water partition coefficient (Wildman–Crippen LogP) is 2.88. The molecule has 4 nitrogen and oxygen atoms in total. The molecule has 1 atom stereocenters. The van der Waals surface area contributed by atoms with Crippen LogP contribution in [0.5, 0.6) is 5.75 Å². The van der Waals surface area contributed by atoms with Gasteiger partial charge in [0.2, 0.25) is 0 Å². The number of benzene rings is 1. The molecule has 0 aliphatic rings. The van der Waals surface area contributed by atoms with E-state index in [9.17, 15) is 4.79 Å². The van der Waals surface area contributed by atoms with Gasteiger partial charge in [-0.15, -0.1) is 0 Å². The Hall–Kier alpha value is -1.62. The van der Waals surface area contributed by atoms with Crippen molar-refractivity contribution in [3.8, 4) is 5.75 Å². The minimum Gasteiger partial charge on any atom is -0.490 e. The van der Waals surface area contributed by atoms with Crippen LogP contribution in [0, 0.1) is 0 Å². The van der Waals surface area contributed by atoms with E-state index in [1.807, 2.05) is 33.8 Å². The number of para-hydroxylation sites is 1. The molecule has 1 unspecified atom stereocenters. The Balaban J connectivity index is 2.74. The molecule has 5 heteroatoms. The number of rotatable bonds is 5. The van der Waals surface area contributed by atoms with Crippen LogP contribution in [0.1, 0.15) is 44.5 Å². The Morgan fingerprint density at radius 1 is 1.30 bits per heavy atom. The van der Waals surface area contributed by atoms with Gasteiger partial charge in [-0.2, -0.15) is 0 Å². The number of amides is 1. The Bertz CT molecular complexity index is 475. The van der Waals surface area contributed by atoms with E-state index in [1.165, 1.54) is 0 Å². The molecule has 0 radical (unpaired) electrons. The molecular formula is C15H22N2O2S. The van der Waals surface area contributed by atoms with E-state index in [1.54, 1.807) is 18.2 Å². The van der Waals surface area contributed by atoms with Crippen molar-refractivity contribution < 1.29 is 9.53 Å². The highest BCUT2D eigenvalue weighted by Crippen LogP contribution is 2.19. The van der Waals surface area contributed by atoms with Gasteiger partial charge in [0.1, 0.15) is 5.75 Å². The summed E-state index contributed by atoms with van der Waals surface area (Å²) in [5.74, 6) is 0.299. The van der Waals surface area contributed by atoms with Crippen LogP contribution >= 0.6 is 12.2 Å². The maximum absolute atomic E-state index is 12.2. The lowest BCUT2D eigenvalue weighted by atomic mass is 10.2. The monoisotopic (exact) mass is 294 g/mol. The molecule has 1 rings (SSSR count). The summed E-state index contributed by atoms with van der Waals surface area (Å²) < 4.78 is 5.63. The summed E-state index contributed by atoms with van der Waals surface area (Å²) >= 11 is 5.12. The molecule has 0 aliphatic carbocycles. The average Bonchev–Trinajstić information content (AvgIpc) is 2.38. The molecule has 0 fully saturated rings. The fourth-order valence-corrected chi connectivity index (χ4v) is 1.84. The van der Waals surface area contributed by atoms with E-state index < -0.39 is 0 Å². The van der Waals surface area contributed by atoms with Gasteiger partial charge in [-0.25, -0.2) is 0 Å². The molecule has 1 aromatic carbocycles. The summed E-state index contributed by atoms with van der Waals surface area (Å²) in [5.41, 5.74) is 0.481. The van der Waals surface area contributed by atoms with Crippen molar-refractivity contribution in [3.63, 3.8) is 0 Å². The Morgan fingerprint density at radius 2 is 1.95 bits per heavy atom. The summed E-state index contributed by atoms with van der Waals surface area (Å²) in [6, 6.07) is 7.36. The predicted molar refractivity (Wildman–Crippen MR) is 85.2 cm³/mol. The van der Waals surface area contributed by atoms with E-state index in [0.29, 0.717) is 16.4 Å². The highest BCUT2D eigenvalue weighted by atomic mass is 32.1. The van der Waals surface area contributed by atoms with Crippen LogP contribution in [0.15, 0.2) is 24.3 Å². The van der Waals surface area contributed by atoms with Gasteiger partial charge in [-0.1, -0.05) is 19.1 Å². The van der Waals surface area contributed by atoms with Gasteiger partial charge in [0.15, 0.2) is 5.11 Å². The van der Waals surface area contributed by atoms with E-state index >= 15 is 0 Å². The van der Waals surface area contributed by atoms with E-state index in [4.69, 9.17) is 17.0 Å². The van der Waals surface area contributed by atoms with Crippen molar-refractivity contribution in [2.75, 3.05) is 0 Å². The fraction of sp³-hybridized carbons (Fsp3) is 0.467. The molecule has 0 saturated carbocycles. The maximum atomic E-state index is 12.2. The van der Waals surface area contributed by atoms with Gasteiger partial charge >= 0.3 is 0 Å². The van der Waals surface area contributed by atoms with Crippen LogP contribution in [-0.2, 0) is 0 Å². The van der Waals surface area contributed by atoms with Crippen molar-refractivity contribution in [2.24, 2.45) is 0 Å². The fourth-order valence-electron chi connectivity index (χ4n) is 1.54. The molecule has 110 valence electrons. The summed E-state index contributed by atoms with van der Waals surface area (Å²) in [5, 5.41) is 6.06. The van der Waals surface area contributed by atoms with Crippen LogP contribution in [0.2, 0.25) is 0 Å². The second kappa shape index (κ2) is 7.85. The van der Waals surface area contributed by atoms with Gasteiger partial charge < -0.3 is 10.1 Å². The van der Waals surface area contributed by atoms with Crippen molar-refractivity contribution in [3.05, 3.63) is 29.8 Å². The van der Waals surface area contributed by atoms with Crippen LogP contribution in [-0.4, -0.2) is 23.2 Å². The van der Waals surface area contributed by atoms with Crippen molar-refractivity contribution in [1.82, 2.24) is 10.6 Å². The van der Waals surface area contributed by atoms with E-state index in [-0.39, 0.29) is 18.1 Å². The first-order valence-corrected chi connectivity index (χ1v) is 7.22. The number of hydrogen-bond donors (Lipinski definition) is 2. The SMILES string of the molecule is CCC(C)NC(=S)NC(=O)c1ccccc1OC(C)C. The normalized spacial score (nSPS) is 11.8. The van der Waals surface area contributed by atoms with Gasteiger partial charge in [0.25, 0.3) is 5.91 Å². The van der Waals surface area contributed by atoms with Crippen LogP contribution < -0.4 is 15.4 Å². The van der Waals surface area contributed by atoms with E-state index in [2.05, 4.69) is 10.6 Å². The lowest BCUT2D eigenvalue weighted by Gasteiger charge is -2.16. The van der Waals surface area contributed by atoms with Crippen molar-refractivity contribution >= 4 is 23.2 Å². The molecule has 2 N–H and O–H groups in total. The Labute approximate surface area is 125 Å². The summed E-state index contributed by atoms with van der Waals surface area (Å²) in [6.45, 7) is 7.90.